The molecule has 0 radical (unpaired) electrons. The van der Waals surface area contributed by atoms with Crippen LogP contribution in [0.2, 0.25) is 5.02 Å². The van der Waals surface area contributed by atoms with Gasteiger partial charge in [-0.1, -0.05) is 38.3 Å². The molecule has 2 N–H and O–H groups in total. The highest BCUT2D eigenvalue weighted by molar-refractivity contribution is 6.33. The van der Waals surface area contributed by atoms with Gasteiger partial charge in [0.05, 0.1) is 16.2 Å². The third-order valence-electron chi connectivity index (χ3n) is 3.03. The second kappa shape index (κ2) is 7.46. The van der Waals surface area contributed by atoms with E-state index in [1.165, 1.54) is 12.4 Å². The summed E-state index contributed by atoms with van der Waals surface area (Å²) in [5, 5.41) is 13.5. The molecule has 0 aliphatic carbocycles. The first-order valence-corrected chi connectivity index (χ1v) is 7.00. The van der Waals surface area contributed by atoms with Crippen molar-refractivity contribution >= 4 is 17.5 Å². The van der Waals surface area contributed by atoms with Crippen LogP contribution in [-0.4, -0.2) is 28.1 Å². The summed E-state index contributed by atoms with van der Waals surface area (Å²) in [5.41, 5.74) is -0.453. The highest BCUT2D eigenvalue weighted by atomic mass is 35.5. The Kier molecular flexibility index (Phi) is 6.25. The van der Waals surface area contributed by atoms with Crippen molar-refractivity contribution < 1.29 is 9.90 Å². The maximum absolute atomic E-state index is 12.0. The molecule has 0 saturated heterocycles. The van der Waals surface area contributed by atoms with Gasteiger partial charge in [0.25, 0.3) is 5.91 Å². The average molecular weight is 285 g/mol. The van der Waals surface area contributed by atoms with Crippen LogP contribution >= 0.6 is 11.6 Å². The molecule has 0 aliphatic rings. The van der Waals surface area contributed by atoms with Crippen molar-refractivity contribution in [2.24, 2.45) is 0 Å². The highest BCUT2D eigenvalue weighted by Gasteiger charge is 2.25. The number of aromatic nitrogens is 1. The average Bonchev–Trinajstić information content (AvgIpc) is 2.37. The van der Waals surface area contributed by atoms with Crippen LogP contribution in [0.15, 0.2) is 18.5 Å². The number of amides is 1. The lowest BCUT2D eigenvalue weighted by molar-refractivity contribution is 0.0213. The first kappa shape index (κ1) is 15.9. The van der Waals surface area contributed by atoms with Crippen LogP contribution in [-0.2, 0) is 0 Å². The Bertz CT molecular complexity index is 418. The molecular weight excluding hydrogens is 264 g/mol. The lowest BCUT2D eigenvalue weighted by atomic mass is 9.92. The van der Waals surface area contributed by atoms with Gasteiger partial charge in [0.2, 0.25) is 0 Å². The molecule has 0 aliphatic heterocycles. The fourth-order valence-electron chi connectivity index (χ4n) is 2.13. The van der Waals surface area contributed by atoms with Crippen LogP contribution in [0.25, 0.3) is 0 Å². The van der Waals surface area contributed by atoms with Gasteiger partial charge in [-0.05, 0) is 18.9 Å². The van der Waals surface area contributed by atoms with E-state index in [1.807, 2.05) is 13.8 Å². The van der Waals surface area contributed by atoms with Gasteiger partial charge in [-0.2, -0.15) is 0 Å². The van der Waals surface area contributed by atoms with Gasteiger partial charge >= 0.3 is 0 Å². The van der Waals surface area contributed by atoms with Crippen molar-refractivity contribution in [3.8, 4) is 0 Å². The Hall–Kier alpha value is -1.13. The summed E-state index contributed by atoms with van der Waals surface area (Å²) in [6.45, 7) is 4.27. The summed E-state index contributed by atoms with van der Waals surface area (Å²) in [4.78, 5) is 15.8. The maximum atomic E-state index is 12.0. The maximum Gasteiger partial charge on any atom is 0.253 e. The van der Waals surface area contributed by atoms with E-state index in [1.54, 1.807) is 6.07 Å². The molecule has 106 valence electrons. The van der Waals surface area contributed by atoms with Crippen molar-refractivity contribution in [1.29, 1.82) is 0 Å². The molecule has 5 heteroatoms. The summed E-state index contributed by atoms with van der Waals surface area (Å²) in [7, 11) is 0. The SMILES string of the molecule is CCCC(O)(CCC)CNC(=O)c1ccncc1Cl. The molecule has 0 spiro atoms. The molecule has 0 fully saturated rings. The highest BCUT2D eigenvalue weighted by Crippen LogP contribution is 2.19. The fraction of sp³-hybridized carbons (Fsp3) is 0.571. The molecule has 1 rings (SSSR count). The Morgan fingerprint density at radius 2 is 2.05 bits per heavy atom. The molecule has 1 amide bonds. The molecule has 1 heterocycles. The number of pyridine rings is 1. The summed E-state index contributed by atoms with van der Waals surface area (Å²) >= 11 is 5.91. The van der Waals surface area contributed by atoms with E-state index in [-0.39, 0.29) is 12.5 Å². The van der Waals surface area contributed by atoms with Gasteiger partial charge in [0.15, 0.2) is 0 Å². The molecule has 4 nitrogen and oxygen atoms in total. The largest absolute Gasteiger partial charge is 0.388 e. The minimum Gasteiger partial charge on any atom is -0.388 e. The number of rotatable bonds is 7. The number of carbonyl (C=O) groups is 1. The van der Waals surface area contributed by atoms with E-state index < -0.39 is 5.60 Å². The third kappa shape index (κ3) is 4.80. The van der Waals surface area contributed by atoms with E-state index in [0.29, 0.717) is 23.4 Å². The second-order valence-corrected chi connectivity index (χ2v) is 5.17. The Morgan fingerprint density at radius 3 is 2.58 bits per heavy atom. The van der Waals surface area contributed by atoms with Crippen molar-refractivity contribution in [2.45, 2.75) is 45.1 Å². The fourth-order valence-corrected chi connectivity index (χ4v) is 2.34. The summed E-state index contributed by atoms with van der Waals surface area (Å²) in [5.74, 6) is -0.280. The van der Waals surface area contributed by atoms with Gasteiger partial charge in [-0.15, -0.1) is 0 Å². The van der Waals surface area contributed by atoms with Crippen LogP contribution < -0.4 is 5.32 Å². The molecular formula is C14H21ClN2O2. The zero-order chi connectivity index (χ0) is 14.3. The number of hydrogen-bond donors (Lipinski definition) is 2. The van der Waals surface area contributed by atoms with Gasteiger partial charge in [0.1, 0.15) is 0 Å². The third-order valence-corrected chi connectivity index (χ3v) is 3.33. The van der Waals surface area contributed by atoms with E-state index in [4.69, 9.17) is 11.6 Å². The quantitative estimate of drug-likeness (QED) is 0.809. The predicted octanol–water partition coefficient (Wildman–Crippen LogP) is 2.80. The van der Waals surface area contributed by atoms with Crippen molar-refractivity contribution in [2.75, 3.05) is 6.54 Å². The molecule has 0 bridgehead atoms. The zero-order valence-electron chi connectivity index (χ0n) is 11.4. The Balaban J connectivity index is 2.64. The van der Waals surface area contributed by atoms with Gasteiger partial charge in [-0.25, -0.2) is 0 Å². The molecule has 1 aromatic rings. The van der Waals surface area contributed by atoms with E-state index in [9.17, 15) is 9.90 Å². The minimum atomic E-state index is -0.835. The zero-order valence-corrected chi connectivity index (χ0v) is 12.2. The molecule has 0 atom stereocenters. The first-order valence-electron chi connectivity index (χ1n) is 6.62. The van der Waals surface area contributed by atoms with Crippen LogP contribution in [0.1, 0.15) is 49.9 Å². The predicted molar refractivity (Wildman–Crippen MR) is 76.3 cm³/mol. The van der Waals surface area contributed by atoms with Gasteiger partial charge in [0, 0.05) is 18.9 Å². The van der Waals surface area contributed by atoms with E-state index >= 15 is 0 Å². The van der Waals surface area contributed by atoms with E-state index in [2.05, 4.69) is 10.3 Å². The van der Waals surface area contributed by atoms with E-state index in [0.717, 1.165) is 12.8 Å². The normalized spacial score (nSPS) is 11.4. The molecule has 0 aromatic carbocycles. The Labute approximate surface area is 119 Å². The number of nitrogens with one attached hydrogen (secondary N) is 1. The topological polar surface area (TPSA) is 62.2 Å². The van der Waals surface area contributed by atoms with Gasteiger partial charge in [-0.3, -0.25) is 9.78 Å². The van der Waals surface area contributed by atoms with Crippen molar-refractivity contribution in [3.05, 3.63) is 29.0 Å². The summed E-state index contributed by atoms with van der Waals surface area (Å²) in [6.07, 6.45) is 6.05. The minimum absolute atomic E-state index is 0.242. The molecule has 0 saturated carbocycles. The smallest absolute Gasteiger partial charge is 0.253 e. The lowest BCUT2D eigenvalue weighted by Crippen LogP contribution is -2.42. The summed E-state index contributed by atoms with van der Waals surface area (Å²) in [6, 6.07) is 1.57. The number of aliphatic hydroxyl groups is 1. The Morgan fingerprint density at radius 1 is 1.42 bits per heavy atom. The van der Waals surface area contributed by atoms with Crippen LogP contribution in [0.3, 0.4) is 0 Å². The number of hydrogen-bond acceptors (Lipinski definition) is 3. The lowest BCUT2D eigenvalue weighted by Gasteiger charge is -2.27. The number of halogens is 1. The van der Waals surface area contributed by atoms with Crippen LogP contribution in [0.5, 0.6) is 0 Å². The van der Waals surface area contributed by atoms with Crippen LogP contribution in [0, 0.1) is 0 Å². The van der Waals surface area contributed by atoms with Crippen molar-refractivity contribution in [3.63, 3.8) is 0 Å². The molecule has 19 heavy (non-hydrogen) atoms. The number of nitrogens with zero attached hydrogens (tertiary/aromatic N) is 1. The number of carbonyl (C=O) groups excluding carboxylic acids is 1. The standard InChI is InChI=1S/C14H21ClN2O2/c1-3-6-14(19,7-4-2)10-17-13(18)11-5-8-16-9-12(11)15/h5,8-9,19H,3-4,6-7,10H2,1-2H3,(H,17,18). The first-order chi connectivity index (χ1) is 9.02. The molecule has 1 aromatic heterocycles. The van der Waals surface area contributed by atoms with Crippen molar-refractivity contribution in [1.82, 2.24) is 10.3 Å². The molecule has 0 unspecified atom stereocenters. The monoisotopic (exact) mass is 284 g/mol. The second-order valence-electron chi connectivity index (χ2n) is 4.76. The van der Waals surface area contributed by atoms with Gasteiger partial charge < -0.3 is 10.4 Å². The van der Waals surface area contributed by atoms with Crippen LogP contribution in [0.4, 0.5) is 0 Å². The summed E-state index contributed by atoms with van der Waals surface area (Å²) < 4.78 is 0.